The minimum atomic E-state index is -0.598. The Morgan fingerprint density at radius 3 is 1.71 bits per heavy atom. The smallest absolute Gasteiger partial charge is 0.164 e. The first-order chi connectivity index (χ1) is 32.7. The molecular formula is C62H39N3S. The van der Waals surface area contributed by atoms with Crippen LogP contribution in [0.25, 0.3) is 98.5 Å². The van der Waals surface area contributed by atoms with Crippen LogP contribution in [0.2, 0.25) is 0 Å². The van der Waals surface area contributed by atoms with Gasteiger partial charge in [0.05, 0.1) is 5.41 Å². The van der Waals surface area contributed by atoms with E-state index in [1.54, 1.807) is 0 Å². The molecular weight excluding hydrogens is 819 g/mol. The van der Waals surface area contributed by atoms with Crippen LogP contribution >= 0.6 is 11.3 Å². The first-order valence-corrected chi connectivity index (χ1v) is 23.2. The summed E-state index contributed by atoms with van der Waals surface area (Å²) in [6.07, 6.45) is 0. The van der Waals surface area contributed by atoms with E-state index in [2.05, 4.69) is 237 Å². The molecule has 0 saturated heterocycles. The highest BCUT2D eigenvalue weighted by Crippen LogP contribution is 2.58. The van der Waals surface area contributed by atoms with Gasteiger partial charge in [-0.2, -0.15) is 0 Å². The number of hydrogen-bond donors (Lipinski definition) is 0. The molecule has 2 heterocycles. The third kappa shape index (κ3) is 5.99. The van der Waals surface area contributed by atoms with Gasteiger partial charge in [0, 0.05) is 36.9 Å². The molecule has 0 N–H and O–H groups in total. The van der Waals surface area contributed by atoms with Crippen LogP contribution in [0.15, 0.2) is 237 Å². The number of nitrogens with zero attached hydrogens (tertiary/aromatic N) is 3. The summed E-state index contributed by atoms with van der Waals surface area (Å²) in [6.45, 7) is 0. The van der Waals surface area contributed by atoms with Crippen LogP contribution in [0.4, 0.5) is 0 Å². The molecule has 1 aliphatic carbocycles. The lowest BCUT2D eigenvalue weighted by Gasteiger charge is -2.34. The molecule has 1 aliphatic rings. The third-order valence-corrected chi connectivity index (χ3v) is 14.7. The second kappa shape index (κ2) is 15.4. The Hall–Kier alpha value is -8.31. The van der Waals surface area contributed by atoms with E-state index in [4.69, 9.17) is 15.0 Å². The molecule has 2 aromatic heterocycles. The monoisotopic (exact) mass is 857 g/mol. The lowest BCUT2D eigenvalue weighted by Crippen LogP contribution is -2.28. The zero-order chi connectivity index (χ0) is 43.6. The molecule has 13 rings (SSSR count). The maximum atomic E-state index is 5.47. The number of aromatic nitrogens is 3. The highest BCUT2D eigenvalue weighted by molar-refractivity contribution is 7.26. The van der Waals surface area contributed by atoms with Gasteiger partial charge in [-0.3, -0.25) is 0 Å². The van der Waals surface area contributed by atoms with Crippen LogP contribution in [0, 0.1) is 0 Å². The number of rotatable bonds is 7. The summed E-state index contributed by atoms with van der Waals surface area (Å²) < 4.78 is 2.59. The molecule has 10 aromatic carbocycles. The van der Waals surface area contributed by atoms with Crippen molar-refractivity contribution in [3.05, 3.63) is 259 Å². The second-order valence-electron chi connectivity index (χ2n) is 17.0. The highest BCUT2D eigenvalue weighted by Gasteiger charge is 2.47. The lowest BCUT2D eigenvalue weighted by atomic mass is 9.67. The summed E-state index contributed by atoms with van der Waals surface area (Å²) in [5.74, 6) is 1.88. The van der Waals surface area contributed by atoms with Crippen molar-refractivity contribution >= 4 is 42.3 Å². The topological polar surface area (TPSA) is 38.7 Å². The Labute approximate surface area is 387 Å². The molecule has 3 nitrogen and oxygen atoms in total. The average Bonchev–Trinajstić information content (AvgIpc) is 3.93. The first-order valence-electron chi connectivity index (χ1n) is 22.4. The van der Waals surface area contributed by atoms with E-state index in [1.165, 1.54) is 64.3 Å². The van der Waals surface area contributed by atoms with Crippen LogP contribution in [-0.4, -0.2) is 15.0 Å². The van der Waals surface area contributed by atoms with Crippen LogP contribution < -0.4 is 0 Å². The van der Waals surface area contributed by atoms with Crippen LogP contribution in [-0.2, 0) is 5.41 Å². The Kier molecular flexibility index (Phi) is 8.93. The van der Waals surface area contributed by atoms with E-state index in [-0.39, 0.29) is 0 Å². The van der Waals surface area contributed by atoms with Gasteiger partial charge in [-0.1, -0.05) is 224 Å². The van der Waals surface area contributed by atoms with Crippen molar-refractivity contribution in [3.8, 4) is 67.5 Å². The van der Waals surface area contributed by atoms with Crippen molar-refractivity contribution in [2.75, 3.05) is 0 Å². The fraction of sp³-hybridized carbons (Fsp3) is 0.0161. The molecule has 66 heavy (non-hydrogen) atoms. The number of hydrogen-bond acceptors (Lipinski definition) is 4. The summed E-state index contributed by atoms with van der Waals surface area (Å²) in [5.41, 5.74) is 14.0. The quantitative estimate of drug-likeness (QED) is 0.160. The van der Waals surface area contributed by atoms with Crippen LogP contribution in [0.1, 0.15) is 22.3 Å². The molecule has 0 aliphatic heterocycles. The summed E-state index contributed by atoms with van der Waals surface area (Å²) in [5, 5.41) is 5.01. The Morgan fingerprint density at radius 2 is 0.879 bits per heavy atom. The van der Waals surface area contributed by atoms with Gasteiger partial charge in [0.2, 0.25) is 0 Å². The van der Waals surface area contributed by atoms with Gasteiger partial charge >= 0.3 is 0 Å². The first kappa shape index (κ1) is 38.2. The Morgan fingerprint density at radius 1 is 0.318 bits per heavy atom. The standard InChI is InChI=1S/C62H39N3S/c1-3-18-41(19-4-1)47-23-9-10-25-51(47)60-63-59(43-35-33-42(34-36-43)48-27-15-28-50-49-24-12-14-32-56(49)66-58(48)50)64-61(65-60)53-29-16-31-55-57(53)52-26-11-13-30-54(52)62(55,45-21-5-2-6-22-45)46-38-37-40-17-7-8-20-44(40)39-46/h1-39H. The zero-order valence-electron chi connectivity index (χ0n) is 35.8. The van der Waals surface area contributed by atoms with Crippen LogP contribution in [0.5, 0.6) is 0 Å². The van der Waals surface area contributed by atoms with Crippen LogP contribution in [0.3, 0.4) is 0 Å². The fourth-order valence-electron chi connectivity index (χ4n) is 10.5. The Bertz CT molecular complexity index is 3820. The van der Waals surface area contributed by atoms with Crippen molar-refractivity contribution in [1.29, 1.82) is 0 Å². The van der Waals surface area contributed by atoms with Gasteiger partial charge in [-0.25, -0.2) is 15.0 Å². The van der Waals surface area contributed by atoms with Gasteiger partial charge in [0.15, 0.2) is 17.5 Å². The van der Waals surface area contributed by atoms with Crippen molar-refractivity contribution in [3.63, 3.8) is 0 Å². The summed E-state index contributed by atoms with van der Waals surface area (Å²) in [7, 11) is 0. The fourth-order valence-corrected chi connectivity index (χ4v) is 11.7. The maximum Gasteiger partial charge on any atom is 0.164 e. The van der Waals surface area contributed by atoms with Crippen molar-refractivity contribution < 1.29 is 0 Å². The van der Waals surface area contributed by atoms with Crippen molar-refractivity contribution in [2.24, 2.45) is 0 Å². The van der Waals surface area contributed by atoms with Gasteiger partial charge in [-0.15, -0.1) is 11.3 Å². The summed E-state index contributed by atoms with van der Waals surface area (Å²) in [4.78, 5) is 16.3. The molecule has 0 fully saturated rings. The van der Waals surface area contributed by atoms with Gasteiger partial charge < -0.3 is 0 Å². The molecule has 0 bridgehead atoms. The minimum absolute atomic E-state index is 0.598. The van der Waals surface area contributed by atoms with Crippen molar-refractivity contribution in [1.82, 2.24) is 15.0 Å². The third-order valence-electron chi connectivity index (χ3n) is 13.4. The van der Waals surface area contributed by atoms with Crippen molar-refractivity contribution in [2.45, 2.75) is 5.41 Å². The van der Waals surface area contributed by atoms with Gasteiger partial charge in [0.1, 0.15) is 0 Å². The van der Waals surface area contributed by atoms with E-state index < -0.39 is 5.41 Å². The molecule has 1 unspecified atom stereocenters. The molecule has 12 aromatic rings. The lowest BCUT2D eigenvalue weighted by molar-refractivity contribution is 0.770. The normalized spacial score (nSPS) is 14.1. The largest absolute Gasteiger partial charge is 0.208 e. The summed E-state index contributed by atoms with van der Waals surface area (Å²) >= 11 is 1.85. The highest BCUT2D eigenvalue weighted by atomic mass is 32.1. The number of benzene rings is 10. The van der Waals surface area contributed by atoms with E-state index in [1.807, 2.05) is 11.3 Å². The molecule has 0 radical (unpaired) electrons. The van der Waals surface area contributed by atoms with Gasteiger partial charge in [0.25, 0.3) is 0 Å². The average molecular weight is 858 g/mol. The molecule has 0 saturated carbocycles. The molecule has 0 amide bonds. The van der Waals surface area contributed by atoms with E-state index in [0.29, 0.717) is 17.5 Å². The predicted octanol–water partition coefficient (Wildman–Crippen LogP) is 16.1. The number of thiophene rings is 1. The predicted molar refractivity (Wildman–Crippen MR) is 275 cm³/mol. The molecule has 4 heteroatoms. The van der Waals surface area contributed by atoms with E-state index >= 15 is 0 Å². The zero-order valence-corrected chi connectivity index (χ0v) is 36.6. The van der Waals surface area contributed by atoms with Gasteiger partial charge in [-0.05, 0) is 78.5 Å². The molecule has 1 atom stereocenters. The SMILES string of the molecule is c1ccc(-c2ccccc2-c2nc(-c3ccc(-c4cccc5c4sc4ccccc45)cc3)nc(-c3cccc4c3-c3ccccc3C4(c3ccccc3)c3ccc4ccccc4c3)n2)cc1. The van der Waals surface area contributed by atoms with E-state index in [0.717, 1.165) is 38.9 Å². The Balaban J connectivity index is 1.04. The number of fused-ring (bicyclic) bond motifs is 7. The second-order valence-corrected chi connectivity index (χ2v) is 18.1. The minimum Gasteiger partial charge on any atom is -0.208 e. The molecule has 0 spiro atoms. The van der Waals surface area contributed by atoms with E-state index in [9.17, 15) is 0 Å². The summed E-state index contributed by atoms with van der Waals surface area (Å²) in [6, 6.07) is 85.2. The molecule has 308 valence electrons. The maximum absolute atomic E-state index is 5.47.